The zero-order valence-corrected chi connectivity index (χ0v) is 18.0. The van der Waals surface area contributed by atoms with Gasteiger partial charge in [-0.15, -0.1) is 0 Å². The fourth-order valence-electron chi connectivity index (χ4n) is 3.35. The number of amides is 1. The number of nitrogen functional groups attached to an aromatic ring is 1. The van der Waals surface area contributed by atoms with Crippen LogP contribution in [-0.2, 0) is 9.84 Å². The third-order valence-electron chi connectivity index (χ3n) is 4.98. The summed E-state index contributed by atoms with van der Waals surface area (Å²) < 4.78 is 25.4. The molecule has 30 heavy (non-hydrogen) atoms. The monoisotopic (exact) mass is 442 g/mol. The largest absolute Gasteiger partial charge is 0.382 e. The van der Waals surface area contributed by atoms with E-state index >= 15 is 0 Å². The van der Waals surface area contributed by atoms with Crippen molar-refractivity contribution in [3.63, 3.8) is 0 Å². The molecule has 156 valence electrons. The normalized spacial score (nSPS) is 17.7. The molecule has 3 aromatic rings. The number of rotatable bonds is 5. The highest BCUT2D eigenvalue weighted by atomic mass is 32.2. The molecular weight excluding hydrogens is 420 g/mol. The van der Waals surface area contributed by atoms with Gasteiger partial charge in [0.15, 0.2) is 9.84 Å². The van der Waals surface area contributed by atoms with Crippen LogP contribution in [0.15, 0.2) is 64.5 Å². The Bertz CT molecular complexity index is 1170. The Morgan fingerprint density at radius 3 is 2.50 bits per heavy atom. The first-order valence-corrected chi connectivity index (χ1v) is 12.2. The Morgan fingerprint density at radius 2 is 1.87 bits per heavy atom. The summed E-state index contributed by atoms with van der Waals surface area (Å²) in [4.78, 5) is 13.7. The highest BCUT2D eigenvalue weighted by Gasteiger charge is 2.33. The van der Waals surface area contributed by atoms with Crippen molar-refractivity contribution in [1.29, 1.82) is 0 Å². The van der Waals surface area contributed by atoms with Crippen LogP contribution in [0.4, 0.5) is 11.5 Å². The number of benzene rings is 2. The van der Waals surface area contributed by atoms with Crippen molar-refractivity contribution >= 4 is 39.0 Å². The summed E-state index contributed by atoms with van der Waals surface area (Å²) >= 11 is 1.38. The minimum absolute atomic E-state index is 0.000407. The number of carbonyl (C=O) groups is 1. The molecule has 1 aromatic heterocycles. The van der Waals surface area contributed by atoms with Crippen molar-refractivity contribution in [2.24, 2.45) is 0 Å². The molecule has 2 heterocycles. The molecule has 2 aromatic carbocycles. The molecule has 7 nitrogen and oxygen atoms in total. The maximum absolute atomic E-state index is 12.7. The molecule has 0 saturated carbocycles. The summed E-state index contributed by atoms with van der Waals surface area (Å²) in [5.74, 6) is 0.0746. The van der Waals surface area contributed by atoms with Gasteiger partial charge in [-0.05, 0) is 37.6 Å². The van der Waals surface area contributed by atoms with Crippen LogP contribution < -0.4 is 11.1 Å². The van der Waals surface area contributed by atoms with Gasteiger partial charge in [-0.2, -0.15) is 5.10 Å². The second-order valence-electron chi connectivity index (χ2n) is 7.30. The second-order valence-corrected chi connectivity index (χ2v) is 10.6. The van der Waals surface area contributed by atoms with Crippen molar-refractivity contribution in [1.82, 2.24) is 9.78 Å². The highest BCUT2D eigenvalue weighted by molar-refractivity contribution is 7.99. The summed E-state index contributed by atoms with van der Waals surface area (Å²) in [5.41, 5.74) is 8.39. The van der Waals surface area contributed by atoms with Crippen LogP contribution in [0.5, 0.6) is 0 Å². The van der Waals surface area contributed by atoms with Crippen molar-refractivity contribution < 1.29 is 13.2 Å². The average Bonchev–Trinajstić information content (AvgIpc) is 3.24. The fraction of sp³-hybridized carbons (Fsp3) is 0.238. The van der Waals surface area contributed by atoms with Crippen LogP contribution >= 0.6 is 11.8 Å². The molecule has 1 saturated heterocycles. The van der Waals surface area contributed by atoms with Gasteiger partial charge in [-0.3, -0.25) is 4.79 Å². The quantitative estimate of drug-likeness (QED) is 0.626. The molecule has 0 spiro atoms. The van der Waals surface area contributed by atoms with Gasteiger partial charge in [-0.1, -0.05) is 47.7 Å². The topological polar surface area (TPSA) is 107 Å². The van der Waals surface area contributed by atoms with E-state index in [1.54, 1.807) is 28.9 Å². The van der Waals surface area contributed by atoms with Crippen LogP contribution in [0, 0.1) is 6.92 Å². The fourth-order valence-corrected chi connectivity index (χ4v) is 5.93. The first-order valence-electron chi connectivity index (χ1n) is 9.52. The summed E-state index contributed by atoms with van der Waals surface area (Å²) in [6.07, 6.45) is 0.453. The molecule has 4 rings (SSSR count). The van der Waals surface area contributed by atoms with Gasteiger partial charge in [0.05, 0.1) is 17.5 Å². The van der Waals surface area contributed by atoms with E-state index < -0.39 is 9.84 Å². The molecule has 1 aliphatic heterocycles. The Morgan fingerprint density at radius 1 is 1.17 bits per heavy atom. The number of carbonyl (C=O) groups excluding carboxylic acids is 1. The minimum Gasteiger partial charge on any atom is -0.382 e. The lowest BCUT2D eigenvalue weighted by Gasteiger charge is -2.11. The third-order valence-corrected chi connectivity index (χ3v) is 7.72. The summed E-state index contributed by atoms with van der Waals surface area (Å²) in [7, 11) is -3.10. The lowest BCUT2D eigenvalue weighted by atomic mass is 10.2. The molecule has 0 bridgehead atoms. The number of sulfone groups is 1. The number of hydrogen-bond acceptors (Lipinski definition) is 6. The van der Waals surface area contributed by atoms with E-state index in [9.17, 15) is 13.2 Å². The maximum Gasteiger partial charge on any atom is 0.255 e. The smallest absolute Gasteiger partial charge is 0.255 e. The van der Waals surface area contributed by atoms with Crippen LogP contribution in [0.2, 0.25) is 0 Å². The number of aryl methyl sites for hydroxylation is 1. The van der Waals surface area contributed by atoms with Gasteiger partial charge >= 0.3 is 0 Å². The average molecular weight is 443 g/mol. The van der Waals surface area contributed by atoms with Crippen LogP contribution in [-0.4, -0.2) is 35.6 Å². The first-order chi connectivity index (χ1) is 14.3. The molecule has 1 amide bonds. The lowest BCUT2D eigenvalue weighted by Crippen LogP contribution is -2.16. The number of nitrogens with one attached hydrogen (secondary N) is 1. The molecule has 3 N–H and O–H groups in total. The predicted octanol–water partition coefficient (Wildman–Crippen LogP) is 3.54. The number of anilines is 2. The van der Waals surface area contributed by atoms with E-state index in [0.717, 1.165) is 10.5 Å². The van der Waals surface area contributed by atoms with Crippen molar-refractivity contribution in [2.75, 3.05) is 22.6 Å². The van der Waals surface area contributed by atoms with E-state index in [0.29, 0.717) is 22.7 Å². The highest BCUT2D eigenvalue weighted by Crippen LogP contribution is 2.39. The van der Waals surface area contributed by atoms with Crippen molar-refractivity contribution in [2.45, 2.75) is 29.3 Å². The standard InChI is InChI=1S/C21H22N4O3S2/c1-14-7-9-17(10-8-14)29-21-18(23-20(26)15-5-3-2-4-6-15)19(22)25(24-21)16-11-12-30(27,28)13-16/h2-10,16H,11-13,22H2,1H3,(H,23,26). The zero-order chi connectivity index (χ0) is 21.3. The van der Waals surface area contributed by atoms with E-state index in [-0.39, 0.29) is 29.3 Å². The molecule has 1 unspecified atom stereocenters. The Labute approximate surface area is 179 Å². The molecule has 9 heteroatoms. The van der Waals surface area contributed by atoms with Gasteiger partial charge in [-0.25, -0.2) is 13.1 Å². The molecule has 1 aliphatic rings. The van der Waals surface area contributed by atoms with Gasteiger partial charge in [0.1, 0.15) is 16.5 Å². The van der Waals surface area contributed by atoms with Gasteiger partial charge in [0.25, 0.3) is 5.91 Å². The number of nitrogens with two attached hydrogens (primary N) is 1. The second kappa shape index (κ2) is 8.16. The van der Waals surface area contributed by atoms with Crippen LogP contribution in [0.3, 0.4) is 0 Å². The Kier molecular flexibility index (Phi) is 5.57. The van der Waals surface area contributed by atoms with Crippen molar-refractivity contribution in [3.05, 3.63) is 65.7 Å². The number of hydrogen-bond donors (Lipinski definition) is 2. The summed E-state index contributed by atoms with van der Waals surface area (Å²) in [6, 6.07) is 16.4. The van der Waals surface area contributed by atoms with Gasteiger partial charge in [0.2, 0.25) is 0 Å². The van der Waals surface area contributed by atoms with Crippen molar-refractivity contribution in [3.8, 4) is 0 Å². The Hall–Kier alpha value is -2.78. The molecule has 1 atom stereocenters. The molecule has 1 fully saturated rings. The van der Waals surface area contributed by atoms with E-state index in [1.807, 2.05) is 37.3 Å². The summed E-state index contributed by atoms with van der Waals surface area (Å²) in [5, 5.41) is 8.00. The molecule has 0 radical (unpaired) electrons. The minimum atomic E-state index is -3.10. The number of nitrogens with zero attached hydrogens (tertiary/aromatic N) is 2. The summed E-state index contributed by atoms with van der Waals surface area (Å²) in [6.45, 7) is 2.01. The zero-order valence-electron chi connectivity index (χ0n) is 16.4. The van der Waals surface area contributed by atoms with E-state index in [4.69, 9.17) is 5.73 Å². The third kappa shape index (κ3) is 4.36. The van der Waals surface area contributed by atoms with E-state index in [2.05, 4.69) is 10.4 Å². The van der Waals surface area contributed by atoms with E-state index in [1.165, 1.54) is 11.8 Å². The van der Waals surface area contributed by atoms with Gasteiger partial charge in [0, 0.05) is 10.5 Å². The van der Waals surface area contributed by atoms with Crippen LogP contribution in [0.1, 0.15) is 28.4 Å². The predicted molar refractivity (Wildman–Crippen MR) is 119 cm³/mol. The van der Waals surface area contributed by atoms with Crippen LogP contribution in [0.25, 0.3) is 0 Å². The lowest BCUT2D eigenvalue weighted by molar-refractivity contribution is 0.102. The number of aromatic nitrogens is 2. The SMILES string of the molecule is Cc1ccc(Sc2nn(C3CCS(=O)(=O)C3)c(N)c2NC(=O)c2ccccc2)cc1. The maximum atomic E-state index is 12.7. The Balaban J connectivity index is 1.70. The molecule has 0 aliphatic carbocycles. The molecular formula is C21H22N4O3S2. The first kappa shape index (κ1) is 20.5. The van der Waals surface area contributed by atoms with Gasteiger partial charge < -0.3 is 11.1 Å².